The second-order valence-corrected chi connectivity index (χ2v) is 6.04. The van der Waals surface area contributed by atoms with Gasteiger partial charge in [0.05, 0.1) is 23.6 Å². The van der Waals surface area contributed by atoms with Crippen LogP contribution in [0.3, 0.4) is 0 Å². The average molecular weight is 338 g/mol. The molecule has 0 fully saturated rings. The minimum absolute atomic E-state index is 0.171. The van der Waals surface area contributed by atoms with Gasteiger partial charge in [-0.15, -0.1) is 0 Å². The van der Waals surface area contributed by atoms with Gasteiger partial charge in [0.1, 0.15) is 11.3 Å². The molecule has 0 saturated heterocycles. The van der Waals surface area contributed by atoms with Crippen LogP contribution in [0.2, 0.25) is 0 Å². The Morgan fingerprint density at radius 3 is 2.68 bits per heavy atom. The lowest BCUT2D eigenvalue weighted by Crippen LogP contribution is -2.28. The van der Waals surface area contributed by atoms with Crippen molar-refractivity contribution in [2.45, 2.75) is 40.2 Å². The number of para-hydroxylation sites is 1. The molecular formula is C19H22N4O2. The maximum Gasteiger partial charge on any atom is 0.257 e. The van der Waals surface area contributed by atoms with Gasteiger partial charge in [-0.05, 0) is 39.3 Å². The van der Waals surface area contributed by atoms with Crippen LogP contribution in [0, 0.1) is 13.8 Å². The number of benzene rings is 1. The quantitative estimate of drug-likeness (QED) is 0.772. The molecule has 0 saturated carbocycles. The number of amides is 1. The molecule has 1 atom stereocenters. The van der Waals surface area contributed by atoms with Crippen molar-refractivity contribution in [3.05, 3.63) is 64.8 Å². The highest BCUT2D eigenvalue weighted by Gasteiger charge is 2.22. The lowest BCUT2D eigenvalue weighted by molar-refractivity contribution is 0.0937. The highest BCUT2D eigenvalue weighted by Crippen LogP contribution is 2.21. The molecule has 0 aliphatic rings. The topological polar surface area (TPSA) is 73.0 Å². The number of hydrogen-bond acceptors (Lipinski definition) is 4. The third-order valence-electron chi connectivity index (χ3n) is 4.36. The normalized spacial score (nSPS) is 12.2. The average Bonchev–Trinajstić information content (AvgIpc) is 3.18. The van der Waals surface area contributed by atoms with E-state index in [9.17, 15) is 4.79 Å². The van der Waals surface area contributed by atoms with E-state index in [0.29, 0.717) is 23.4 Å². The predicted octanol–water partition coefficient (Wildman–Crippen LogP) is 3.53. The molecule has 1 unspecified atom stereocenters. The molecule has 1 aromatic carbocycles. The highest BCUT2D eigenvalue weighted by atomic mass is 16.5. The second kappa shape index (κ2) is 6.93. The molecule has 0 aliphatic carbocycles. The summed E-state index contributed by atoms with van der Waals surface area (Å²) in [5.41, 5.74) is 4.18. The smallest absolute Gasteiger partial charge is 0.257 e. The zero-order valence-electron chi connectivity index (χ0n) is 14.9. The van der Waals surface area contributed by atoms with E-state index in [2.05, 4.69) is 15.6 Å². The van der Waals surface area contributed by atoms with Crippen LogP contribution in [0.25, 0.3) is 5.69 Å². The minimum atomic E-state index is -0.177. The number of rotatable bonds is 5. The Bertz CT molecular complexity index is 880. The molecule has 6 nitrogen and oxygen atoms in total. The Labute approximate surface area is 146 Å². The summed E-state index contributed by atoms with van der Waals surface area (Å²) >= 11 is 0. The fraction of sp³-hybridized carbons (Fsp3) is 0.316. The van der Waals surface area contributed by atoms with Gasteiger partial charge >= 0.3 is 0 Å². The summed E-state index contributed by atoms with van der Waals surface area (Å²) in [6.45, 7) is 7.65. The third-order valence-corrected chi connectivity index (χ3v) is 4.36. The fourth-order valence-corrected chi connectivity index (χ4v) is 2.97. The van der Waals surface area contributed by atoms with Crippen LogP contribution in [-0.4, -0.2) is 20.8 Å². The largest absolute Gasteiger partial charge is 0.361 e. The molecule has 0 bridgehead atoms. The van der Waals surface area contributed by atoms with Gasteiger partial charge in [-0.2, -0.15) is 5.10 Å². The zero-order chi connectivity index (χ0) is 18.0. The van der Waals surface area contributed by atoms with Gasteiger partial charge in [0, 0.05) is 11.3 Å². The van der Waals surface area contributed by atoms with Gasteiger partial charge in [0.15, 0.2) is 0 Å². The first-order chi connectivity index (χ1) is 12.0. The van der Waals surface area contributed by atoms with Gasteiger partial charge in [0.25, 0.3) is 5.91 Å². The van der Waals surface area contributed by atoms with E-state index in [1.165, 1.54) is 0 Å². The predicted molar refractivity (Wildman–Crippen MR) is 94.8 cm³/mol. The summed E-state index contributed by atoms with van der Waals surface area (Å²) in [4.78, 5) is 12.6. The van der Waals surface area contributed by atoms with E-state index >= 15 is 0 Å². The van der Waals surface area contributed by atoms with Gasteiger partial charge in [-0.1, -0.05) is 30.3 Å². The first-order valence-corrected chi connectivity index (χ1v) is 8.38. The Kier molecular flexibility index (Phi) is 4.70. The van der Waals surface area contributed by atoms with Crippen molar-refractivity contribution in [1.29, 1.82) is 0 Å². The molecule has 0 radical (unpaired) electrons. The number of nitrogens with one attached hydrogen (secondary N) is 1. The Morgan fingerprint density at radius 1 is 1.28 bits per heavy atom. The van der Waals surface area contributed by atoms with Crippen LogP contribution >= 0.6 is 0 Å². The van der Waals surface area contributed by atoms with Gasteiger partial charge in [0.2, 0.25) is 0 Å². The summed E-state index contributed by atoms with van der Waals surface area (Å²) in [5, 5.41) is 11.4. The number of carbonyl (C=O) groups excluding carboxylic acids is 1. The number of aryl methyl sites for hydroxylation is 2. The Balaban J connectivity index is 1.82. The molecule has 130 valence electrons. The molecule has 2 heterocycles. The molecule has 0 spiro atoms. The van der Waals surface area contributed by atoms with Crippen molar-refractivity contribution in [3.63, 3.8) is 0 Å². The highest BCUT2D eigenvalue weighted by molar-refractivity contribution is 5.96. The third kappa shape index (κ3) is 3.20. The number of carbonyl (C=O) groups is 1. The first kappa shape index (κ1) is 17.0. The Hall–Kier alpha value is -2.89. The number of nitrogens with zero attached hydrogens (tertiary/aromatic N) is 3. The summed E-state index contributed by atoms with van der Waals surface area (Å²) in [7, 11) is 0. The minimum Gasteiger partial charge on any atom is -0.361 e. The molecule has 3 aromatic rings. The van der Waals surface area contributed by atoms with E-state index in [1.54, 1.807) is 13.1 Å². The van der Waals surface area contributed by atoms with E-state index in [0.717, 1.165) is 16.9 Å². The molecule has 1 N–H and O–H groups in total. The van der Waals surface area contributed by atoms with Gasteiger partial charge < -0.3 is 9.84 Å². The van der Waals surface area contributed by atoms with Gasteiger partial charge in [-0.25, -0.2) is 4.68 Å². The number of aromatic nitrogens is 3. The van der Waals surface area contributed by atoms with E-state index in [-0.39, 0.29) is 11.9 Å². The van der Waals surface area contributed by atoms with Crippen LogP contribution < -0.4 is 5.32 Å². The molecule has 0 aliphatic heterocycles. The summed E-state index contributed by atoms with van der Waals surface area (Å²) < 4.78 is 7.03. The lowest BCUT2D eigenvalue weighted by Gasteiger charge is -2.14. The zero-order valence-corrected chi connectivity index (χ0v) is 14.9. The molecule has 25 heavy (non-hydrogen) atoms. The summed E-state index contributed by atoms with van der Waals surface area (Å²) in [6, 6.07) is 9.75. The molecular weight excluding hydrogens is 316 g/mol. The van der Waals surface area contributed by atoms with Gasteiger partial charge in [-0.3, -0.25) is 4.79 Å². The lowest BCUT2D eigenvalue weighted by atomic mass is 10.1. The van der Waals surface area contributed by atoms with Crippen molar-refractivity contribution < 1.29 is 9.32 Å². The molecule has 6 heteroatoms. The molecule has 2 aromatic heterocycles. The maximum absolute atomic E-state index is 12.6. The second-order valence-electron chi connectivity index (χ2n) is 6.04. The van der Waals surface area contributed by atoms with E-state index < -0.39 is 0 Å². The maximum atomic E-state index is 12.6. The first-order valence-electron chi connectivity index (χ1n) is 8.38. The Morgan fingerprint density at radius 2 is 2.00 bits per heavy atom. The number of hydrogen-bond donors (Lipinski definition) is 1. The van der Waals surface area contributed by atoms with Crippen molar-refractivity contribution in [1.82, 2.24) is 20.3 Å². The van der Waals surface area contributed by atoms with E-state index in [4.69, 9.17) is 4.52 Å². The summed E-state index contributed by atoms with van der Waals surface area (Å²) in [5.74, 6) is 0.369. The standard InChI is InChI=1S/C19H22N4O2/c1-5-17-18(14(4)25-22-17)19(24)21-12(2)16-11-20-23(13(16)3)15-9-7-6-8-10-15/h6-12H,5H2,1-4H3,(H,21,24). The van der Waals surface area contributed by atoms with Crippen molar-refractivity contribution in [3.8, 4) is 5.69 Å². The summed E-state index contributed by atoms with van der Waals surface area (Å²) in [6.07, 6.45) is 2.45. The fourth-order valence-electron chi connectivity index (χ4n) is 2.97. The van der Waals surface area contributed by atoms with Crippen LogP contribution in [0.1, 0.15) is 53.0 Å². The van der Waals surface area contributed by atoms with Crippen LogP contribution in [0.4, 0.5) is 0 Å². The van der Waals surface area contributed by atoms with Crippen molar-refractivity contribution in [2.75, 3.05) is 0 Å². The van der Waals surface area contributed by atoms with Crippen molar-refractivity contribution >= 4 is 5.91 Å². The van der Waals surface area contributed by atoms with Crippen LogP contribution in [-0.2, 0) is 6.42 Å². The molecule has 1 amide bonds. The van der Waals surface area contributed by atoms with E-state index in [1.807, 2.05) is 55.8 Å². The monoisotopic (exact) mass is 338 g/mol. The SMILES string of the molecule is CCc1noc(C)c1C(=O)NC(C)c1cnn(-c2ccccc2)c1C. The molecule has 3 rings (SSSR count). The van der Waals surface area contributed by atoms with Crippen molar-refractivity contribution in [2.24, 2.45) is 0 Å². The van der Waals surface area contributed by atoms with Crippen LogP contribution in [0.15, 0.2) is 41.1 Å². The van der Waals surface area contributed by atoms with Crippen LogP contribution in [0.5, 0.6) is 0 Å².